The summed E-state index contributed by atoms with van der Waals surface area (Å²) >= 11 is 0. The summed E-state index contributed by atoms with van der Waals surface area (Å²) in [6.45, 7) is 2.14. The quantitative estimate of drug-likeness (QED) is 0.583. The molecule has 0 aliphatic heterocycles. The lowest BCUT2D eigenvalue weighted by Gasteiger charge is -2.25. The molecule has 3 rings (SSSR count). The smallest absolute Gasteiger partial charge is 0.205 e. The Morgan fingerprint density at radius 1 is 1.04 bits per heavy atom. The van der Waals surface area contributed by atoms with Gasteiger partial charge in [0.1, 0.15) is 5.83 Å². The molecule has 0 N–H and O–H groups in total. The third kappa shape index (κ3) is 2.98. The van der Waals surface area contributed by atoms with Crippen LogP contribution >= 0.6 is 0 Å². The lowest BCUT2D eigenvalue weighted by Crippen LogP contribution is -2.21. The van der Waals surface area contributed by atoms with Gasteiger partial charge in [-0.1, -0.05) is 68.0 Å². The van der Waals surface area contributed by atoms with Crippen LogP contribution in [0.3, 0.4) is 0 Å². The van der Waals surface area contributed by atoms with E-state index in [2.05, 4.69) is 19.1 Å². The first-order chi connectivity index (χ1) is 11.1. The van der Waals surface area contributed by atoms with Crippen molar-refractivity contribution in [2.75, 3.05) is 0 Å². The molecule has 0 fully saturated rings. The van der Waals surface area contributed by atoms with Crippen molar-refractivity contribution in [3.8, 4) is 11.1 Å². The molecule has 1 atom stereocenters. The number of alkyl halides is 1. The fourth-order valence-electron chi connectivity index (χ4n) is 3.04. The third-order valence-corrected chi connectivity index (χ3v) is 4.25. The van der Waals surface area contributed by atoms with E-state index in [9.17, 15) is 4.39 Å². The summed E-state index contributed by atoms with van der Waals surface area (Å²) in [7, 11) is 0. The van der Waals surface area contributed by atoms with Gasteiger partial charge >= 0.3 is 0 Å². The van der Waals surface area contributed by atoms with E-state index in [1.165, 1.54) is 17.7 Å². The predicted octanol–water partition coefficient (Wildman–Crippen LogP) is 6.28. The molecule has 2 aromatic rings. The molecule has 0 heterocycles. The first kappa shape index (κ1) is 15.7. The van der Waals surface area contributed by atoms with E-state index < -0.39 is 11.5 Å². The third-order valence-electron chi connectivity index (χ3n) is 4.25. The predicted molar refractivity (Wildman–Crippen MR) is 91.6 cm³/mol. The zero-order valence-electron chi connectivity index (χ0n) is 13.2. The number of benzene rings is 2. The van der Waals surface area contributed by atoms with E-state index in [1.54, 1.807) is 18.2 Å². The van der Waals surface area contributed by atoms with Crippen LogP contribution in [0.15, 0.2) is 72.6 Å². The Hall–Kier alpha value is -2.22. The first-order valence-corrected chi connectivity index (χ1v) is 8.06. The zero-order valence-corrected chi connectivity index (χ0v) is 13.2. The molecule has 0 amide bonds. The van der Waals surface area contributed by atoms with Gasteiger partial charge in [-0.05, 0) is 41.7 Å². The summed E-state index contributed by atoms with van der Waals surface area (Å²) in [5.74, 6) is -0.727. The number of allylic oxidation sites excluding steroid dienone is 4. The zero-order chi connectivity index (χ0) is 16.3. The van der Waals surface area contributed by atoms with Crippen LogP contribution in [0.25, 0.3) is 11.1 Å². The molecule has 2 heteroatoms. The minimum atomic E-state index is -2.17. The fourth-order valence-corrected chi connectivity index (χ4v) is 3.04. The first-order valence-electron chi connectivity index (χ1n) is 8.06. The molecule has 0 spiro atoms. The van der Waals surface area contributed by atoms with Crippen molar-refractivity contribution in [3.63, 3.8) is 0 Å². The Morgan fingerprint density at radius 3 is 2.48 bits per heavy atom. The summed E-state index contributed by atoms with van der Waals surface area (Å²) in [5, 5.41) is 0. The average Bonchev–Trinajstić information content (AvgIpc) is 2.59. The Bertz CT molecular complexity index is 741. The molecule has 0 nitrogen and oxygen atoms in total. The van der Waals surface area contributed by atoms with E-state index >= 15 is 4.39 Å². The standard InChI is InChI=1S/C21H20F2/c1-2-7-16-11-13-17(14-12-16)18-8-3-4-9-19(18)21(23)15-6-5-10-20(21)22/h3-4,6,8-15H,2,5,7H2,1H3. The van der Waals surface area contributed by atoms with Crippen LogP contribution in [0.5, 0.6) is 0 Å². The minimum Gasteiger partial charge on any atom is -0.226 e. The van der Waals surface area contributed by atoms with Crippen LogP contribution in [0.4, 0.5) is 8.78 Å². The molecule has 0 aromatic heterocycles. The molecular weight excluding hydrogens is 290 g/mol. The number of hydrogen-bond donors (Lipinski definition) is 0. The van der Waals surface area contributed by atoms with Crippen molar-refractivity contribution in [2.24, 2.45) is 0 Å². The highest BCUT2D eigenvalue weighted by molar-refractivity contribution is 5.70. The molecule has 0 saturated carbocycles. The van der Waals surface area contributed by atoms with Crippen LogP contribution in [0, 0.1) is 0 Å². The highest BCUT2D eigenvalue weighted by Gasteiger charge is 2.37. The maximum atomic E-state index is 15.3. The van der Waals surface area contributed by atoms with Gasteiger partial charge in [-0.3, -0.25) is 0 Å². The van der Waals surface area contributed by atoms with Gasteiger partial charge in [-0.15, -0.1) is 0 Å². The largest absolute Gasteiger partial charge is 0.226 e. The van der Waals surface area contributed by atoms with Gasteiger partial charge in [0.15, 0.2) is 0 Å². The van der Waals surface area contributed by atoms with Crippen molar-refractivity contribution in [3.05, 3.63) is 83.7 Å². The van der Waals surface area contributed by atoms with Gasteiger partial charge < -0.3 is 0 Å². The Kier molecular flexibility index (Phi) is 4.42. The van der Waals surface area contributed by atoms with Gasteiger partial charge in [-0.2, -0.15) is 0 Å². The van der Waals surface area contributed by atoms with E-state index in [0.717, 1.165) is 24.0 Å². The van der Waals surface area contributed by atoms with Gasteiger partial charge in [0.05, 0.1) is 0 Å². The summed E-state index contributed by atoms with van der Waals surface area (Å²) in [4.78, 5) is 0. The van der Waals surface area contributed by atoms with Crippen molar-refractivity contribution >= 4 is 0 Å². The maximum Gasteiger partial charge on any atom is 0.205 e. The molecule has 1 unspecified atom stereocenters. The normalized spacial score (nSPS) is 20.4. The van der Waals surface area contributed by atoms with Crippen molar-refractivity contribution in [1.29, 1.82) is 0 Å². The van der Waals surface area contributed by atoms with Crippen molar-refractivity contribution in [2.45, 2.75) is 31.9 Å². The van der Waals surface area contributed by atoms with Crippen LogP contribution in [0.1, 0.15) is 30.9 Å². The molecular formula is C21H20F2. The van der Waals surface area contributed by atoms with Gasteiger partial charge in [-0.25, -0.2) is 8.78 Å². The Labute approximate surface area is 136 Å². The molecule has 118 valence electrons. The lowest BCUT2D eigenvalue weighted by molar-refractivity contribution is 0.235. The average molecular weight is 310 g/mol. The highest BCUT2D eigenvalue weighted by atomic mass is 19.2. The maximum absolute atomic E-state index is 15.3. The number of halogens is 2. The van der Waals surface area contributed by atoms with Crippen LogP contribution in [-0.2, 0) is 12.1 Å². The molecule has 0 saturated heterocycles. The molecule has 23 heavy (non-hydrogen) atoms. The second-order valence-electron chi connectivity index (χ2n) is 5.89. The second kappa shape index (κ2) is 6.49. The Balaban J connectivity index is 2.06. The minimum absolute atomic E-state index is 0.355. The second-order valence-corrected chi connectivity index (χ2v) is 5.89. The fraction of sp³-hybridized carbons (Fsp3) is 0.238. The van der Waals surface area contributed by atoms with E-state index in [0.29, 0.717) is 12.0 Å². The van der Waals surface area contributed by atoms with Crippen molar-refractivity contribution < 1.29 is 8.78 Å². The highest BCUT2D eigenvalue weighted by Crippen LogP contribution is 2.43. The van der Waals surface area contributed by atoms with E-state index in [1.807, 2.05) is 24.3 Å². The van der Waals surface area contributed by atoms with Gasteiger partial charge in [0, 0.05) is 5.56 Å². The Morgan fingerprint density at radius 2 is 1.78 bits per heavy atom. The van der Waals surface area contributed by atoms with Crippen LogP contribution in [0.2, 0.25) is 0 Å². The summed E-state index contributed by atoms with van der Waals surface area (Å²) < 4.78 is 29.5. The van der Waals surface area contributed by atoms with Crippen molar-refractivity contribution in [1.82, 2.24) is 0 Å². The van der Waals surface area contributed by atoms with E-state index in [4.69, 9.17) is 0 Å². The number of hydrogen-bond acceptors (Lipinski definition) is 0. The van der Waals surface area contributed by atoms with E-state index in [-0.39, 0.29) is 0 Å². The molecule has 2 aromatic carbocycles. The molecule has 0 radical (unpaired) electrons. The van der Waals surface area contributed by atoms with Gasteiger partial charge in [0.25, 0.3) is 0 Å². The summed E-state index contributed by atoms with van der Waals surface area (Å²) in [5.41, 5.74) is 1.08. The molecule has 0 bridgehead atoms. The SMILES string of the molecule is CCCc1ccc(-c2ccccc2C2(F)C=CCC=C2F)cc1. The van der Waals surface area contributed by atoms with Crippen LogP contribution in [-0.4, -0.2) is 0 Å². The monoisotopic (exact) mass is 310 g/mol. The molecule has 1 aliphatic carbocycles. The number of aryl methyl sites for hydroxylation is 1. The topological polar surface area (TPSA) is 0 Å². The summed E-state index contributed by atoms with van der Waals surface area (Å²) in [6.07, 6.45) is 6.85. The summed E-state index contributed by atoms with van der Waals surface area (Å²) in [6, 6.07) is 15.2. The van der Waals surface area contributed by atoms with Crippen LogP contribution < -0.4 is 0 Å². The van der Waals surface area contributed by atoms with Gasteiger partial charge in [0.2, 0.25) is 5.67 Å². The lowest BCUT2D eigenvalue weighted by atomic mass is 9.85. The number of rotatable bonds is 4. The molecule has 1 aliphatic rings.